The molecular formula is C15H19N3O2S. The fraction of sp³-hybridized carbons (Fsp3) is 0.400. The Morgan fingerprint density at radius 2 is 2.10 bits per heavy atom. The summed E-state index contributed by atoms with van der Waals surface area (Å²) in [6, 6.07) is 9.58. The highest BCUT2D eigenvalue weighted by molar-refractivity contribution is 7.98. The number of carbonyl (C=O) groups excluding carboxylic acids is 1. The van der Waals surface area contributed by atoms with Crippen LogP contribution in [0, 0.1) is 6.92 Å². The molecule has 0 amide bonds. The number of nitrogens with zero attached hydrogens (tertiary/aromatic N) is 3. The Kier molecular flexibility index (Phi) is 5.80. The Morgan fingerprint density at radius 1 is 1.33 bits per heavy atom. The number of hydrogen-bond acceptors (Lipinski definition) is 5. The van der Waals surface area contributed by atoms with E-state index in [1.807, 2.05) is 37.3 Å². The average Bonchev–Trinajstić information content (AvgIpc) is 2.87. The first-order chi connectivity index (χ1) is 10.2. The zero-order valence-corrected chi connectivity index (χ0v) is 13.1. The summed E-state index contributed by atoms with van der Waals surface area (Å²) in [5, 5.41) is 7.96. The topological polar surface area (TPSA) is 57.0 Å². The Morgan fingerprint density at radius 3 is 2.81 bits per heavy atom. The monoisotopic (exact) mass is 305 g/mol. The van der Waals surface area contributed by atoms with E-state index in [2.05, 4.69) is 16.6 Å². The van der Waals surface area contributed by atoms with E-state index in [0.717, 1.165) is 30.0 Å². The van der Waals surface area contributed by atoms with Gasteiger partial charge in [-0.1, -0.05) is 35.5 Å². The Labute approximate surface area is 128 Å². The lowest BCUT2D eigenvalue weighted by molar-refractivity contribution is 0.0464. The molecule has 1 aromatic carbocycles. The molecule has 0 radical (unpaired) electrons. The van der Waals surface area contributed by atoms with Crippen molar-refractivity contribution in [2.45, 2.75) is 26.5 Å². The molecule has 5 nitrogen and oxygen atoms in total. The first-order valence-corrected chi connectivity index (χ1v) is 8.22. The van der Waals surface area contributed by atoms with E-state index in [4.69, 9.17) is 4.74 Å². The van der Waals surface area contributed by atoms with Crippen LogP contribution in [0.3, 0.4) is 0 Å². The molecule has 0 unspecified atom stereocenters. The summed E-state index contributed by atoms with van der Waals surface area (Å²) in [7, 11) is 0. The van der Waals surface area contributed by atoms with Crippen LogP contribution in [0.1, 0.15) is 28.2 Å². The van der Waals surface area contributed by atoms with Crippen molar-refractivity contribution < 1.29 is 9.53 Å². The number of hydrogen-bond donors (Lipinski definition) is 0. The van der Waals surface area contributed by atoms with Gasteiger partial charge in [0.25, 0.3) is 0 Å². The fourth-order valence-electron chi connectivity index (χ4n) is 1.91. The van der Waals surface area contributed by atoms with Crippen LogP contribution in [0.15, 0.2) is 30.3 Å². The molecule has 0 aliphatic rings. The molecule has 21 heavy (non-hydrogen) atoms. The second-order valence-electron chi connectivity index (χ2n) is 4.65. The first-order valence-electron chi connectivity index (χ1n) is 6.82. The minimum Gasteiger partial charge on any atom is -0.456 e. The Hall–Kier alpha value is -1.82. The third-order valence-corrected chi connectivity index (χ3v) is 3.80. The number of thioether (sulfide) groups is 1. The van der Waals surface area contributed by atoms with Gasteiger partial charge in [0.05, 0.1) is 5.69 Å². The van der Waals surface area contributed by atoms with Gasteiger partial charge in [-0.2, -0.15) is 11.8 Å². The lowest BCUT2D eigenvalue weighted by Gasteiger charge is -2.04. The van der Waals surface area contributed by atoms with Gasteiger partial charge in [0, 0.05) is 6.54 Å². The van der Waals surface area contributed by atoms with Crippen LogP contribution < -0.4 is 0 Å². The highest BCUT2D eigenvalue weighted by atomic mass is 32.2. The minimum absolute atomic E-state index is 0.248. The molecule has 1 aromatic heterocycles. The molecule has 0 fully saturated rings. The standard InChI is InChI=1S/C15H19N3O2S/c1-12-14(16-17-18(12)9-6-10-21-2)15(19)20-11-13-7-4-3-5-8-13/h3-5,7-8H,6,9-11H2,1-2H3. The maximum Gasteiger partial charge on any atom is 0.361 e. The van der Waals surface area contributed by atoms with Crippen molar-refractivity contribution in [3.63, 3.8) is 0 Å². The Bertz CT molecular complexity index is 584. The van der Waals surface area contributed by atoms with Crippen molar-refractivity contribution in [2.24, 2.45) is 0 Å². The molecule has 0 atom stereocenters. The van der Waals surface area contributed by atoms with Gasteiger partial charge in [-0.05, 0) is 30.9 Å². The molecule has 0 saturated carbocycles. The van der Waals surface area contributed by atoms with Crippen molar-refractivity contribution in [3.05, 3.63) is 47.3 Å². The summed E-state index contributed by atoms with van der Waals surface area (Å²) in [6.07, 6.45) is 3.07. The van der Waals surface area contributed by atoms with Crippen LogP contribution in [0.4, 0.5) is 0 Å². The van der Waals surface area contributed by atoms with Gasteiger partial charge < -0.3 is 4.74 Å². The lowest BCUT2D eigenvalue weighted by Crippen LogP contribution is -2.09. The van der Waals surface area contributed by atoms with E-state index in [0.29, 0.717) is 5.69 Å². The van der Waals surface area contributed by atoms with E-state index < -0.39 is 5.97 Å². The maximum atomic E-state index is 12.0. The van der Waals surface area contributed by atoms with Crippen molar-refractivity contribution in [1.82, 2.24) is 15.0 Å². The summed E-state index contributed by atoms with van der Waals surface area (Å²) in [4.78, 5) is 12.0. The third kappa shape index (κ3) is 4.32. The predicted octanol–water partition coefficient (Wildman–Crippen LogP) is 2.70. The number of carbonyl (C=O) groups is 1. The zero-order valence-electron chi connectivity index (χ0n) is 12.3. The van der Waals surface area contributed by atoms with Crippen LogP contribution in [-0.4, -0.2) is 33.0 Å². The second kappa shape index (κ2) is 7.83. The second-order valence-corrected chi connectivity index (χ2v) is 5.64. The molecule has 0 aliphatic carbocycles. The van der Waals surface area contributed by atoms with Crippen LogP contribution >= 0.6 is 11.8 Å². The van der Waals surface area contributed by atoms with Gasteiger partial charge in [0.15, 0.2) is 5.69 Å². The van der Waals surface area contributed by atoms with E-state index in [1.54, 1.807) is 16.4 Å². The number of aromatic nitrogens is 3. The van der Waals surface area contributed by atoms with Gasteiger partial charge >= 0.3 is 5.97 Å². The van der Waals surface area contributed by atoms with Crippen LogP contribution in [0.2, 0.25) is 0 Å². The molecule has 6 heteroatoms. The summed E-state index contributed by atoms with van der Waals surface area (Å²) >= 11 is 1.79. The van der Waals surface area contributed by atoms with Crippen LogP contribution in [0.25, 0.3) is 0 Å². The molecule has 2 rings (SSSR count). The van der Waals surface area contributed by atoms with Gasteiger partial charge in [-0.25, -0.2) is 9.48 Å². The SMILES string of the molecule is CSCCCn1nnc(C(=O)OCc2ccccc2)c1C. The van der Waals surface area contributed by atoms with Crippen molar-refractivity contribution >= 4 is 17.7 Å². The minimum atomic E-state index is -0.424. The summed E-state index contributed by atoms with van der Waals surface area (Å²) < 4.78 is 7.03. The third-order valence-electron chi connectivity index (χ3n) is 3.11. The van der Waals surface area contributed by atoms with Crippen LogP contribution in [-0.2, 0) is 17.9 Å². The van der Waals surface area contributed by atoms with E-state index in [9.17, 15) is 4.79 Å². The van der Waals surface area contributed by atoms with Crippen LogP contribution in [0.5, 0.6) is 0 Å². The van der Waals surface area contributed by atoms with Crippen molar-refractivity contribution in [3.8, 4) is 0 Å². The van der Waals surface area contributed by atoms with E-state index in [1.165, 1.54) is 0 Å². The molecule has 0 bridgehead atoms. The highest BCUT2D eigenvalue weighted by Gasteiger charge is 2.17. The molecule has 0 N–H and O–H groups in total. The number of rotatable bonds is 7. The van der Waals surface area contributed by atoms with Gasteiger partial charge in [0.2, 0.25) is 0 Å². The molecule has 2 aromatic rings. The Balaban J connectivity index is 1.93. The quantitative estimate of drug-likeness (QED) is 0.581. The summed E-state index contributed by atoms with van der Waals surface area (Å²) in [6.45, 7) is 2.86. The molecule has 112 valence electrons. The van der Waals surface area contributed by atoms with Gasteiger partial charge in [-0.3, -0.25) is 0 Å². The van der Waals surface area contributed by atoms with Gasteiger partial charge in [0.1, 0.15) is 6.61 Å². The lowest BCUT2D eigenvalue weighted by atomic mass is 10.2. The molecule has 0 aliphatic heterocycles. The van der Waals surface area contributed by atoms with Crippen molar-refractivity contribution in [1.29, 1.82) is 0 Å². The number of benzene rings is 1. The predicted molar refractivity (Wildman–Crippen MR) is 83.3 cm³/mol. The average molecular weight is 305 g/mol. The maximum absolute atomic E-state index is 12.0. The fourth-order valence-corrected chi connectivity index (χ4v) is 2.33. The number of aryl methyl sites for hydroxylation is 1. The normalized spacial score (nSPS) is 10.6. The molecule has 1 heterocycles. The smallest absolute Gasteiger partial charge is 0.361 e. The highest BCUT2D eigenvalue weighted by Crippen LogP contribution is 2.09. The largest absolute Gasteiger partial charge is 0.456 e. The number of esters is 1. The van der Waals surface area contributed by atoms with E-state index >= 15 is 0 Å². The first kappa shape index (κ1) is 15.6. The van der Waals surface area contributed by atoms with Gasteiger partial charge in [-0.15, -0.1) is 5.10 Å². The summed E-state index contributed by atoms with van der Waals surface area (Å²) in [5.74, 6) is 0.639. The zero-order chi connectivity index (χ0) is 15.1. The summed E-state index contributed by atoms with van der Waals surface area (Å²) in [5.41, 5.74) is 2.01. The molecular weight excluding hydrogens is 286 g/mol. The molecule has 0 saturated heterocycles. The van der Waals surface area contributed by atoms with Crippen molar-refractivity contribution in [2.75, 3.05) is 12.0 Å². The van der Waals surface area contributed by atoms with E-state index in [-0.39, 0.29) is 6.61 Å². The molecule has 0 spiro atoms. The number of ether oxygens (including phenoxy) is 1.